The Morgan fingerprint density at radius 1 is 0.650 bits per heavy atom. The average Bonchev–Trinajstić information content (AvgIpc) is 3.03. The van der Waals surface area contributed by atoms with Crippen LogP contribution < -0.4 is 9.47 Å². The van der Waals surface area contributed by atoms with Crippen molar-refractivity contribution in [3.05, 3.63) is 72.2 Å². The minimum absolute atomic E-state index is 0.653. The molecule has 1 aliphatic carbocycles. The zero-order chi connectivity index (χ0) is 13.6. The van der Waals surface area contributed by atoms with E-state index in [4.69, 9.17) is 9.47 Å². The molecule has 0 atom stereocenters. The van der Waals surface area contributed by atoms with Gasteiger partial charge < -0.3 is 9.47 Å². The lowest BCUT2D eigenvalue weighted by atomic mass is 10.2. The second-order valence-corrected chi connectivity index (χ2v) is 4.93. The number of hydrogen-bond donors (Lipinski definition) is 0. The van der Waals surface area contributed by atoms with Crippen LogP contribution in [0.2, 0.25) is 0 Å². The standard InChI is InChI=1S/C18H18O2/c1-3-11-16(12-4-1)19-18(15-9-7-8-10-15)20-17-13-5-2-6-14-17/h1-6,11-14H,7-10H2. The molecule has 0 heterocycles. The molecule has 0 spiro atoms. The summed E-state index contributed by atoms with van der Waals surface area (Å²) in [6.45, 7) is 0. The van der Waals surface area contributed by atoms with Gasteiger partial charge in [0.15, 0.2) is 0 Å². The summed E-state index contributed by atoms with van der Waals surface area (Å²) in [4.78, 5) is 0. The first kappa shape index (κ1) is 12.8. The highest BCUT2D eigenvalue weighted by molar-refractivity contribution is 5.27. The lowest BCUT2D eigenvalue weighted by molar-refractivity contribution is 0.218. The first-order chi connectivity index (χ1) is 9.92. The van der Waals surface area contributed by atoms with Crippen molar-refractivity contribution in [1.82, 2.24) is 0 Å². The predicted molar refractivity (Wildman–Crippen MR) is 79.6 cm³/mol. The number of rotatable bonds is 4. The second-order valence-electron chi connectivity index (χ2n) is 4.93. The Kier molecular flexibility index (Phi) is 4.02. The third-order valence-electron chi connectivity index (χ3n) is 3.40. The lowest BCUT2D eigenvalue weighted by Gasteiger charge is -2.14. The van der Waals surface area contributed by atoms with Crippen LogP contribution in [0.5, 0.6) is 11.5 Å². The number of para-hydroxylation sites is 2. The maximum Gasteiger partial charge on any atom is 0.289 e. The van der Waals surface area contributed by atoms with E-state index in [2.05, 4.69) is 0 Å². The molecular formula is C18H18O2. The number of allylic oxidation sites excluding steroid dienone is 1. The van der Waals surface area contributed by atoms with E-state index < -0.39 is 0 Å². The highest BCUT2D eigenvalue weighted by Gasteiger charge is 2.17. The maximum absolute atomic E-state index is 5.96. The summed E-state index contributed by atoms with van der Waals surface area (Å²) in [6.07, 6.45) is 4.56. The zero-order valence-electron chi connectivity index (χ0n) is 11.4. The van der Waals surface area contributed by atoms with Crippen LogP contribution in [0.3, 0.4) is 0 Å². The van der Waals surface area contributed by atoms with Crippen LogP contribution in [0.1, 0.15) is 25.7 Å². The molecule has 0 saturated heterocycles. The monoisotopic (exact) mass is 266 g/mol. The maximum atomic E-state index is 5.96. The molecule has 102 valence electrons. The molecule has 0 amide bonds. The van der Waals surface area contributed by atoms with Crippen molar-refractivity contribution in [2.45, 2.75) is 25.7 Å². The SMILES string of the molecule is c1ccc(OC(Oc2ccccc2)=C2CCCC2)cc1. The van der Waals surface area contributed by atoms with Gasteiger partial charge in [-0.1, -0.05) is 36.4 Å². The first-order valence-corrected chi connectivity index (χ1v) is 7.09. The predicted octanol–water partition coefficient (Wildman–Crippen LogP) is 4.93. The molecule has 1 aliphatic rings. The Morgan fingerprint density at radius 2 is 1.10 bits per heavy atom. The van der Waals surface area contributed by atoms with Gasteiger partial charge in [-0.3, -0.25) is 0 Å². The van der Waals surface area contributed by atoms with E-state index >= 15 is 0 Å². The van der Waals surface area contributed by atoms with Crippen LogP contribution in [0, 0.1) is 0 Å². The Morgan fingerprint density at radius 3 is 1.55 bits per heavy atom. The largest absolute Gasteiger partial charge is 0.426 e. The van der Waals surface area contributed by atoms with Gasteiger partial charge in [0.25, 0.3) is 5.95 Å². The van der Waals surface area contributed by atoms with E-state index in [-0.39, 0.29) is 0 Å². The van der Waals surface area contributed by atoms with Gasteiger partial charge >= 0.3 is 0 Å². The van der Waals surface area contributed by atoms with Crippen LogP contribution in [0.15, 0.2) is 72.2 Å². The van der Waals surface area contributed by atoms with Gasteiger partial charge in [0, 0.05) is 5.57 Å². The van der Waals surface area contributed by atoms with Gasteiger partial charge in [-0.15, -0.1) is 0 Å². The van der Waals surface area contributed by atoms with Gasteiger partial charge in [-0.2, -0.15) is 0 Å². The molecule has 3 rings (SSSR count). The van der Waals surface area contributed by atoms with Gasteiger partial charge in [-0.25, -0.2) is 0 Å². The van der Waals surface area contributed by atoms with Crippen LogP contribution in [-0.2, 0) is 0 Å². The summed E-state index contributed by atoms with van der Waals surface area (Å²) in [5.41, 5.74) is 1.28. The fourth-order valence-electron chi connectivity index (χ4n) is 2.36. The topological polar surface area (TPSA) is 18.5 Å². The zero-order valence-corrected chi connectivity index (χ0v) is 11.4. The minimum atomic E-state index is 0.653. The van der Waals surface area contributed by atoms with E-state index in [0.717, 1.165) is 24.3 Å². The fourth-order valence-corrected chi connectivity index (χ4v) is 2.36. The minimum Gasteiger partial charge on any atom is -0.426 e. The van der Waals surface area contributed by atoms with Crippen molar-refractivity contribution in [2.24, 2.45) is 0 Å². The van der Waals surface area contributed by atoms with Gasteiger partial charge in [-0.05, 0) is 49.9 Å². The van der Waals surface area contributed by atoms with Crippen molar-refractivity contribution in [2.75, 3.05) is 0 Å². The van der Waals surface area contributed by atoms with E-state index in [0.29, 0.717) is 5.95 Å². The number of ether oxygens (including phenoxy) is 2. The highest BCUT2D eigenvalue weighted by Crippen LogP contribution is 2.30. The van der Waals surface area contributed by atoms with Gasteiger partial charge in [0.2, 0.25) is 0 Å². The fraction of sp³-hybridized carbons (Fsp3) is 0.222. The van der Waals surface area contributed by atoms with E-state index in [1.54, 1.807) is 0 Å². The summed E-state index contributed by atoms with van der Waals surface area (Å²) in [6, 6.07) is 19.6. The van der Waals surface area contributed by atoms with Crippen LogP contribution >= 0.6 is 0 Å². The van der Waals surface area contributed by atoms with Crippen molar-refractivity contribution in [3.8, 4) is 11.5 Å². The quantitative estimate of drug-likeness (QED) is 0.730. The second kappa shape index (κ2) is 6.29. The first-order valence-electron chi connectivity index (χ1n) is 7.09. The molecule has 2 heteroatoms. The molecule has 1 fully saturated rings. The Balaban J connectivity index is 1.83. The molecule has 0 radical (unpaired) electrons. The van der Waals surface area contributed by atoms with Crippen LogP contribution in [0.25, 0.3) is 0 Å². The summed E-state index contributed by atoms with van der Waals surface area (Å²) >= 11 is 0. The number of hydrogen-bond acceptors (Lipinski definition) is 2. The molecule has 0 N–H and O–H groups in total. The van der Waals surface area contributed by atoms with Crippen molar-refractivity contribution >= 4 is 0 Å². The van der Waals surface area contributed by atoms with Crippen LogP contribution in [0.4, 0.5) is 0 Å². The molecule has 20 heavy (non-hydrogen) atoms. The van der Waals surface area contributed by atoms with E-state index in [1.807, 2.05) is 60.7 Å². The molecule has 0 aliphatic heterocycles. The molecule has 2 nitrogen and oxygen atoms in total. The van der Waals surface area contributed by atoms with Gasteiger partial charge in [0.05, 0.1) is 0 Å². The summed E-state index contributed by atoms with van der Waals surface area (Å²) in [7, 11) is 0. The molecule has 2 aromatic rings. The molecular weight excluding hydrogens is 248 g/mol. The highest BCUT2D eigenvalue weighted by atomic mass is 16.7. The Bertz CT molecular complexity index is 521. The van der Waals surface area contributed by atoms with E-state index in [9.17, 15) is 0 Å². The van der Waals surface area contributed by atoms with Crippen LogP contribution in [-0.4, -0.2) is 0 Å². The normalized spacial score (nSPS) is 14.1. The molecule has 2 aromatic carbocycles. The van der Waals surface area contributed by atoms with Crippen molar-refractivity contribution in [3.63, 3.8) is 0 Å². The van der Waals surface area contributed by atoms with E-state index in [1.165, 1.54) is 18.4 Å². The summed E-state index contributed by atoms with van der Waals surface area (Å²) < 4.78 is 11.9. The van der Waals surface area contributed by atoms with Crippen molar-refractivity contribution < 1.29 is 9.47 Å². The summed E-state index contributed by atoms with van der Waals surface area (Å²) in [5, 5.41) is 0. The number of benzene rings is 2. The Labute approximate surface area is 119 Å². The van der Waals surface area contributed by atoms with Crippen molar-refractivity contribution in [1.29, 1.82) is 0 Å². The Hall–Kier alpha value is -2.22. The molecule has 0 aromatic heterocycles. The molecule has 0 unspecified atom stereocenters. The molecule has 1 saturated carbocycles. The average molecular weight is 266 g/mol. The third kappa shape index (κ3) is 3.21. The summed E-state index contributed by atoms with van der Waals surface area (Å²) in [5.74, 6) is 2.29. The molecule has 0 bridgehead atoms. The third-order valence-corrected chi connectivity index (χ3v) is 3.40. The van der Waals surface area contributed by atoms with Gasteiger partial charge in [0.1, 0.15) is 11.5 Å². The smallest absolute Gasteiger partial charge is 0.289 e. The lowest BCUT2D eigenvalue weighted by Crippen LogP contribution is -2.07.